The van der Waals surface area contributed by atoms with Gasteiger partial charge in [0.1, 0.15) is 5.60 Å². The van der Waals surface area contributed by atoms with Gasteiger partial charge in [-0.1, -0.05) is 66.2 Å². The van der Waals surface area contributed by atoms with Crippen LogP contribution in [0.25, 0.3) is 0 Å². The molecule has 0 aromatic carbocycles. The van der Waals surface area contributed by atoms with Crippen LogP contribution in [0.1, 0.15) is 137 Å². The van der Waals surface area contributed by atoms with Gasteiger partial charge in [0.25, 0.3) is 0 Å². The van der Waals surface area contributed by atoms with Crippen molar-refractivity contribution < 1.29 is 19.1 Å². The quantitative estimate of drug-likeness (QED) is 0.169. The number of terminal acetylenes is 1. The van der Waals surface area contributed by atoms with E-state index in [4.69, 9.17) is 15.9 Å². The van der Waals surface area contributed by atoms with Crippen LogP contribution in [0.5, 0.6) is 0 Å². The topological polar surface area (TPSA) is 52.6 Å². The summed E-state index contributed by atoms with van der Waals surface area (Å²) in [6.45, 7) is 10.9. The number of ether oxygens (including phenoxy) is 2. The van der Waals surface area contributed by atoms with Crippen LogP contribution in [0.15, 0.2) is 0 Å². The Morgan fingerprint density at radius 1 is 0.865 bits per heavy atom. The van der Waals surface area contributed by atoms with Crippen molar-refractivity contribution in [3.05, 3.63) is 0 Å². The maximum Gasteiger partial charge on any atom is 0.307 e. The van der Waals surface area contributed by atoms with Crippen LogP contribution in [0.2, 0.25) is 0 Å². The van der Waals surface area contributed by atoms with Crippen molar-refractivity contribution in [3.8, 4) is 12.3 Å². The van der Waals surface area contributed by atoms with Gasteiger partial charge in [-0.25, -0.2) is 0 Å². The number of unbranched alkanes of at least 4 members (excludes halogenated alkanes) is 4. The maximum absolute atomic E-state index is 12.7. The molecule has 0 heterocycles. The summed E-state index contributed by atoms with van der Waals surface area (Å²) in [4.78, 5) is 25.0. The van der Waals surface area contributed by atoms with Gasteiger partial charge in [0.15, 0.2) is 5.60 Å². The molecule has 4 aliphatic carbocycles. The molecule has 0 unspecified atom stereocenters. The maximum atomic E-state index is 12.7. The predicted octanol–water partition coefficient (Wildman–Crippen LogP) is 8.02. The molecule has 4 heteroatoms. The number of carbonyl (C=O) groups is 2. The lowest BCUT2D eigenvalue weighted by Gasteiger charge is -2.59. The van der Waals surface area contributed by atoms with Crippen molar-refractivity contribution in [3.63, 3.8) is 0 Å². The summed E-state index contributed by atoms with van der Waals surface area (Å²) in [7, 11) is 0. The zero-order valence-electron chi connectivity index (χ0n) is 24.3. The van der Waals surface area contributed by atoms with Crippen LogP contribution in [0.3, 0.4) is 0 Å². The minimum atomic E-state index is -0.739. The van der Waals surface area contributed by atoms with Crippen LogP contribution >= 0.6 is 0 Å². The van der Waals surface area contributed by atoms with Gasteiger partial charge in [-0.05, 0) is 80.5 Å². The molecule has 4 saturated carbocycles. The normalized spacial score (nSPS) is 42.3. The molecule has 0 aromatic heterocycles. The zero-order chi connectivity index (χ0) is 26.9. The van der Waals surface area contributed by atoms with E-state index in [1.54, 1.807) is 0 Å². The molecule has 208 valence electrons. The van der Waals surface area contributed by atoms with E-state index >= 15 is 0 Å². The molecule has 0 aliphatic heterocycles. The van der Waals surface area contributed by atoms with E-state index in [-0.39, 0.29) is 28.4 Å². The fraction of sp³-hybridized carbons (Fsp3) is 0.879. The third-order valence-corrected chi connectivity index (χ3v) is 11.7. The molecule has 37 heavy (non-hydrogen) atoms. The second kappa shape index (κ2) is 10.9. The SMILES string of the molecule is C#C[C@@]1(OC(=O)CC)C[C@@H]2CC[C@@H]3[C@H](CC[C@@]4(C)[C@H]3CC[C@]4(CCCCCCC)OC(=O)CC)[C@@]2(C)C1. The van der Waals surface area contributed by atoms with Gasteiger partial charge < -0.3 is 9.47 Å². The van der Waals surface area contributed by atoms with E-state index in [9.17, 15) is 9.59 Å². The summed E-state index contributed by atoms with van der Waals surface area (Å²) in [6, 6.07) is 0. The molecular weight excluding hydrogens is 460 g/mol. The number of hydrogen-bond donors (Lipinski definition) is 0. The Hall–Kier alpha value is -1.50. The van der Waals surface area contributed by atoms with Gasteiger partial charge in [-0.2, -0.15) is 0 Å². The molecule has 0 amide bonds. The first-order valence-electron chi connectivity index (χ1n) is 15.5. The van der Waals surface area contributed by atoms with Crippen LogP contribution in [-0.4, -0.2) is 23.1 Å². The molecule has 4 aliphatic rings. The van der Waals surface area contributed by atoms with Crippen molar-refractivity contribution in [2.45, 2.75) is 149 Å². The fourth-order valence-electron chi connectivity index (χ4n) is 9.76. The van der Waals surface area contributed by atoms with Gasteiger partial charge in [0, 0.05) is 31.1 Å². The second-order valence-electron chi connectivity index (χ2n) is 13.5. The van der Waals surface area contributed by atoms with Crippen LogP contribution in [0, 0.1) is 46.8 Å². The number of carbonyl (C=O) groups excluding carboxylic acids is 2. The lowest BCUT2D eigenvalue weighted by atomic mass is 9.47. The van der Waals surface area contributed by atoms with Crippen LogP contribution in [-0.2, 0) is 19.1 Å². The first kappa shape index (κ1) is 28.5. The Kier molecular flexibility index (Phi) is 8.43. The summed E-state index contributed by atoms with van der Waals surface area (Å²) in [5, 5.41) is 0. The van der Waals surface area contributed by atoms with E-state index in [0.29, 0.717) is 36.5 Å². The van der Waals surface area contributed by atoms with Gasteiger partial charge in [-0.3, -0.25) is 9.59 Å². The first-order chi connectivity index (χ1) is 17.6. The van der Waals surface area contributed by atoms with Crippen molar-refractivity contribution in [1.82, 2.24) is 0 Å². The number of hydrogen-bond acceptors (Lipinski definition) is 4. The third-order valence-electron chi connectivity index (χ3n) is 11.7. The average molecular weight is 513 g/mol. The lowest BCUT2D eigenvalue weighted by Crippen LogP contribution is -2.56. The van der Waals surface area contributed by atoms with Crippen molar-refractivity contribution in [2.24, 2.45) is 34.5 Å². The van der Waals surface area contributed by atoms with E-state index in [1.165, 1.54) is 32.1 Å². The molecule has 0 saturated heterocycles. The highest BCUT2D eigenvalue weighted by Crippen LogP contribution is 2.71. The van der Waals surface area contributed by atoms with Gasteiger partial charge in [0.2, 0.25) is 0 Å². The van der Waals surface area contributed by atoms with Gasteiger partial charge in [-0.15, -0.1) is 6.42 Å². The molecule has 0 aromatic rings. The zero-order valence-corrected chi connectivity index (χ0v) is 24.3. The molecule has 0 spiro atoms. The molecule has 4 rings (SSSR count). The Labute approximate surface area is 226 Å². The minimum Gasteiger partial charge on any atom is -0.458 e. The Balaban J connectivity index is 1.56. The highest BCUT2D eigenvalue weighted by Gasteiger charge is 2.68. The smallest absolute Gasteiger partial charge is 0.307 e. The monoisotopic (exact) mass is 512 g/mol. The molecule has 4 fully saturated rings. The van der Waals surface area contributed by atoms with E-state index in [1.807, 2.05) is 13.8 Å². The number of fused-ring (bicyclic) bond motifs is 5. The molecular formula is C33H52O4. The van der Waals surface area contributed by atoms with Crippen molar-refractivity contribution in [1.29, 1.82) is 0 Å². The second-order valence-corrected chi connectivity index (χ2v) is 13.5. The summed E-state index contributed by atoms with van der Waals surface area (Å²) >= 11 is 0. The summed E-state index contributed by atoms with van der Waals surface area (Å²) in [6.07, 6.45) is 22.5. The van der Waals surface area contributed by atoms with E-state index in [0.717, 1.165) is 57.8 Å². The molecule has 0 radical (unpaired) electrons. The van der Waals surface area contributed by atoms with Gasteiger partial charge in [0.05, 0.1) is 0 Å². The Morgan fingerprint density at radius 3 is 2.22 bits per heavy atom. The average Bonchev–Trinajstić information content (AvgIpc) is 3.34. The minimum absolute atomic E-state index is 0.0273. The van der Waals surface area contributed by atoms with Crippen molar-refractivity contribution >= 4 is 11.9 Å². The Bertz CT molecular complexity index is 889. The van der Waals surface area contributed by atoms with Crippen LogP contribution in [0.4, 0.5) is 0 Å². The summed E-state index contributed by atoms with van der Waals surface area (Å²) in [5.41, 5.74) is -0.898. The van der Waals surface area contributed by atoms with Crippen LogP contribution < -0.4 is 0 Å². The van der Waals surface area contributed by atoms with Gasteiger partial charge >= 0.3 is 11.9 Å². The fourth-order valence-corrected chi connectivity index (χ4v) is 9.76. The number of esters is 2. The first-order valence-corrected chi connectivity index (χ1v) is 15.5. The highest BCUT2D eigenvalue weighted by atomic mass is 16.6. The lowest BCUT2D eigenvalue weighted by molar-refractivity contribution is -0.189. The van der Waals surface area contributed by atoms with E-state index in [2.05, 4.69) is 26.7 Å². The molecule has 8 atom stereocenters. The molecule has 0 bridgehead atoms. The standard InChI is InChI=1S/C33H52O4/c1-7-11-12-13-14-19-33(37-29(35)9-3)21-18-27-25-16-15-24-22-32(10-4,36-28(34)8-2)23-30(24,5)26(25)17-20-31(27,33)6/h4,24-27H,7-9,11-23H2,1-3,5-6H3/t24-,25+,26-,27-,30-,31-,32+,33-/m0/s1. The number of rotatable bonds is 10. The third kappa shape index (κ3) is 4.87. The molecule has 0 N–H and O–H groups in total. The largest absolute Gasteiger partial charge is 0.458 e. The summed E-state index contributed by atoms with van der Waals surface area (Å²) in [5.74, 6) is 5.09. The highest BCUT2D eigenvalue weighted by molar-refractivity contribution is 5.70. The Morgan fingerprint density at radius 2 is 1.54 bits per heavy atom. The van der Waals surface area contributed by atoms with Crippen molar-refractivity contribution in [2.75, 3.05) is 0 Å². The van der Waals surface area contributed by atoms with E-state index < -0.39 is 5.60 Å². The predicted molar refractivity (Wildman–Crippen MR) is 148 cm³/mol. The summed E-state index contributed by atoms with van der Waals surface area (Å²) < 4.78 is 12.5. The molecule has 4 nitrogen and oxygen atoms in total.